The average molecular weight is 401 g/mol. The number of hydrogen-bond donors (Lipinski definition) is 1. The van der Waals surface area contributed by atoms with Gasteiger partial charge in [0.2, 0.25) is 0 Å². The zero-order chi connectivity index (χ0) is 19.8. The Morgan fingerprint density at radius 2 is 1.78 bits per heavy atom. The summed E-state index contributed by atoms with van der Waals surface area (Å²) in [6.07, 6.45) is 0. The van der Waals surface area contributed by atoms with E-state index in [9.17, 15) is 8.42 Å². The summed E-state index contributed by atoms with van der Waals surface area (Å²) in [7, 11) is -3.69. The van der Waals surface area contributed by atoms with Crippen LogP contribution in [-0.4, -0.2) is 13.4 Å². The second-order valence-corrected chi connectivity index (χ2v) is 10.4. The summed E-state index contributed by atoms with van der Waals surface area (Å²) in [5, 5.41) is 2.95. The maximum Gasteiger partial charge on any atom is 0.262 e. The Bertz CT molecular complexity index is 1080. The highest BCUT2D eigenvalue weighted by molar-refractivity contribution is 7.92. The van der Waals surface area contributed by atoms with E-state index in [0.717, 1.165) is 27.4 Å². The zero-order valence-corrected chi connectivity index (χ0v) is 17.8. The van der Waals surface area contributed by atoms with Gasteiger partial charge in [-0.2, -0.15) is 0 Å². The van der Waals surface area contributed by atoms with Gasteiger partial charge >= 0.3 is 0 Å². The predicted octanol–water partition coefficient (Wildman–Crippen LogP) is 5.53. The van der Waals surface area contributed by atoms with Gasteiger partial charge in [0.05, 0.1) is 15.6 Å². The summed E-state index contributed by atoms with van der Waals surface area (Å²) < 4.78 is 28.8. The van der Waals surface area contributed by atoms with Crippen LogP contribution in [0, 0.1) is 13.8 Å². The molecule has 1 N–H and O–H groups in total. The van der Waals surface area contributed by atoms with Crippen LogP contribution in [-0.2, 0) is 15.4 Å². The third-order valence-electron chi connectivity index (χ3n) is 4.37. The molecule has 0 aliphatic heterocycles. The fourth-order valence-corrected chi connectivity index (χ4v) is 4.75. The number of benzene rings is 2. The van der Waals surface area contributed by atoms with Gasteiger partial charge in [0.25, 0.3) is 10.0 Å². The van der Waals surface area contributed by atoms with Gasteiger partial charge in [-0.05, 0) is 48.6 Å². The largest absolute Gasteiger partial charge is 0.280 e. The van der Waals surface area contributed by atoms with Gasteiger partial charge in [-0.1, -0.05) is 45.0 Å². The molecule has 4 nitrogen and oxygen atoms in total. The van der Waals surface area contributed by atoms with Crippen LogP contribution in [0.15, 0.2) is 52.7 Å². The number of aryl methyl sites for hydroxylation is 2. The standard InChI is InChI=1S/C21H24N2O2S2/c1-14-9-10-17(21(3,4)5)12-20(14)27(24,25)23-18-8-6-7-16(11-18)19-13-26-15(2)22-19/h6-13,23H,1-5H3. The summed E-state index contributed by atoms with van der Waals surface area (Å²) in [6.45, 7) is 9.98. The molecule has 3 rings (SSSR count). The lowest BCUT2D eigenvalue weighted by molar-refractivity contribution is 0.584. The average Bonchev–Trinajstić information content (AvgIpc) is 3.00. The quantitative estimate of drug-likeness (QED) is 0.627. The molecule has 0 bridgehead atoms. The molecule has 2 aromatic carbocycles. The Hall–Kier alpha value is -2.18. The van der Waals surface area contributed by atoms with Crippen molar-refractivity contribution in [3.63, 3.8) is 0 Å². The van der Waals surface area contributed by atoms with Crippen LogP contribution in [0.5, 0.6) is 0 Å². The molecule has 3 aromatic rings. The van der Waals surface area contributed by atoms with E-state index in [4.69, 9.17) is 0 Å². The zero-order valence-electron chi connectivity index (χ0n) is 16.2. The molecule has 142 valence electrons. The number of thiazole rings is 1. The van der Waals surface area contributed by atoms with E-state index in [1.807, 2.05) is 49.6 Å². The summed E-state index contributed by atoms with van der Waals surface area (Å²) in [4.78, 5) is 4.78. The molecule has 0 unspecified atom stereocenters. The van der Waals surface area contributed by atoms with E-state index in [2.05, 4.69) is 30.5 Å². The van der Waals surface area contributed by atoms with Crippen molar-refractivity contribution in [3.8, 4) is 11.3 Å². The third kappa shape index (κ3) is 4.39. The minimum Gasteiger partial charge on any atom is -0.280 e. The van der Waals surface area contributed by atoms with Gasteiger partial charge in [0.15, 0.2) is 0 Å². The van der Waals surface area contributed by atoms with Crippen LogP contribution in [0.2, 0.25) is 0 Å². The van der Waals surface area contributed by atoms with E-state index in [1.165, 1.54) is 0 Å². The van der Waals surface area contributed by atoms with Crippen molar-refractivity contribution < 1.29 is 8.42 Å². The number of sulfonamides is 1. The molecule has 0 spiro atoms. The molecular weight excluding hydrogens is 376 g/mol. The van der Waals surface area contributed by atoms with Gasteiger partial charge in [0.1, 0.15) is 0 Å². The Kier molecular flexibility index (Phi) is 5.14. The van der Waals surface area contributed by atoms with Crippen molar-refractivity contribution in [2.75, 3.05) is 4.72 Å². The first-order valence-corrected chi connectivity index (χ1v) is 11.1. The molecule has 0 aliphatic rings. The lowest BCUT2D eigenvalue weighted by atomic mass is 9.87. The molecule has 0 fully saturated rings. The minimum absolute atomic E-state index is 0.125. The maximum atomic E-state index is 13.0. The first kappa shape index (κ1) is 19.6. The summed E-state index contributed by atoms with van der Waals surface area (Å²) in [5.74, 6) is 0. The number of nitrogens with zero attached hydrogens (tertiary/aromatic N) is 1. The Morgan fingerprint density at radius 3 is 2.41 bits per heavy atom. The van der Waals surface area contributed by atoms with E-state index in [1.54, 1.807) is 23.5 Å². The fraction of sp³-hybridized carbons (Fsp3) is 0.286. The number of nitrogens with one attached hydrogen (secondary N) is 1. The summed E-state index contributed by atoms with van der Waals surface area (Å²) >= 11 is 1.57. The van der Waals surface area contributed by atoms with Crippen molar-refractivity contribution in [2.24, 2.45) is 0 Å². The fourth-order valence-electron chi connectivity index (χ4n) is 2.80. The molecule has 1 aromatic heterocycles. The van der Waals surface area contributed by atoms with Crippen molar-refractivity contribution in [1.82, 2.24) is 4.98 Å². The molecule has 0 saturated heterocycles. The van der Waals surface area contributed by atoms with E-state index in [-0.39, 0.29) is 5.41 Å². The minimum atomic E-state index is -3.69. The number of hydrogen-bond acceptors (Lipinski definition) is 4. The van der Waals surface area contributed by atoms with Gasteiger partial charge in [-0.3, -0.25) is 4.72 Å². The first-order chi connectivity index (χ1) is 12.6. The topological polar surface area (TPSA) is 59.1 Å². The monoisotopic (exact) mass is 400 g/mol. The van der Waals surface area contributed by atoms with Crippen LogP contribution in [0.4, 0.5) is 5.69 Å². The molecule has 0 aliphatic carbocycles. The Balaban J connectivity index is 1.96. The Morgan fingerprint density at radius 1 is 1.04 bits per heavy atom. The van der Waals surface area contributed by atoms with Gasteiger partial charge in [-0.25, -0.2) is 13.4 Å². The second-order valence-electron chi connectivity index (χ2n) is 7.67. The van der Waals surface area contributed by atoms with Crippen LogP contribution < -0.4 is 4.72 Å². The molecule has 0 saturated carbocycles. The molecule has 0 amide bonds. The van der Waals surface area contributed by atoms with Crippen LogP contribution in [0.1, 0.15) is 36.9 Å². The van der Waals surface area contributed by atoms with E-state index >= 15 is 0 Å². The normalized spacial score (nSPS) is 12.2. The van der Waals surface area contributed by atoms with Crippen LogP contribution >= 0.6 is 11.3 Å². The van der Waals surface area contributed by atoms with Gasteiger partial charge in [0, 0.05) is 16.6 Å². The lowest BCUT2D eigenvalue weighted by Gasteiger charge is -2.21. The molecule has 0 atom stereocenters. The van der Waals surface area contributed by atoms with Gasteiger partial charge < -0.3 is 0 Å². The van der Waals surface area contributed by atoms with E-state index in [0.29, 0.717) is 10.6 Å². The third-order valence-corrected chi connectivity index (χ3v) is 6.67. The summed E-state index contributed by atoms with van der Waals surface area (Å²) in [5.41, 5.74) is 3.85. The maximum absolute atomic E-state index is 13.0. The predicted molar refractivity (Wildman–Crippen MR) is 113 cm³/mol. The molecule has 0 radical (unpaired) electrons. The van der Waals surface area contributed by atoms with Gasteiger partial charge in [-0.15, -0.1) is 11.3 Å². The number of aromatic nitrogens is 1. The van der Waals surface area contributed by atoms with Crippen molar-refractivity contribution in [1.29, 1.82) is 0 Å². The smallest absolute Gasteiger partial charge is 0.262 e. The van der Waals surface area contributed by atoms with Crippen molar-refractivity contribution >= 4 is 27.0 Å². The van der Waals surface area contributed by atoms with Crippen molar-refractivity contribution in [3.05, 3.63) is 64.0 Å². The van der Waals surface area contributed by atoms with E-state index < -0.39 is 10.0 Å². The Labute approximate surface area is 165 Å². The first-order valence-electron chi connectivity index (χ1n) is 8.73. The molecular formula is C21H24N2O2S2. The number of rotatable bonds is 4. The van der Waals surface area contributed by atoms with Crippen LogP contribution in [0.25, 0.3) is 11.3 Å². The molecule has 1 heterocycles. The molecule has 6 heteroatoms. The number of anilines is 1. The van der Waals surface area contributed by atoms with Crippen LogP contribution in [0.3, 0.4) is 0 Å². The second kappa shape index (κ2) is 7.09. The highest BCUT2D eigenvalue weighted by Gasteiger charge is 2.21. The molecule has 27 heavy (non-hydrogen) atoms. The highest BCUT2D eigenvalue weighted by Crippen LogP contribution is 2.29. The lowest BCUT2D eigenvalue weighted by Crippen LogP contribution is -2.17. The summed E-state index contributed by atoms with van der Waals surface area (Å²) in [6, 6.07) is 12.9. The SMILES string of the molecule is Cc1nc(-c2cccc(NS(=O)(=O)c3cc(C(C)(C)C)ccc3C)c2)cs1. The highest BCUT2D eigenvalue weighted by atomic mass is 32.2. The van der Waals surface area contributed by atoms with Crippen molar-refractivity contribution in [2.45, 2.75) is 44.9 Å².